The molecule has 0 aliphatic carbocycles. The van der Waals surface area contributed by atoms with Crippen LogP contribution in [0.15, 0.2) is 24.3 Å². The van der Waals surface area contributed by atoms with Crippen LogP contribution < -0.4 is 5.32 Å². The summed E-state index contributed by atoms with van der Waals surface area (Å²) in [4.78, 5) is 13.2. The molecule has 0 aromatic heterocycles. The van der Waals surface area contributed by atoms with Crippen LogP contribution in [-0.4, -0.2) is 140 Å². The number of carbonyl (C=O) groups excluding carboxylic acids is 1. The van der Waals surface area contributed by atoms with Gasteiger partial charge >= 0.3 is 0 Å². The third-order valence-electron chi connectivity index (χ3n) is 17.4. The summed E-state index contributed by atoms with van der Waals surface area (Å²) in [7, 11) is 0. The summed E-state index contributed by atoms with van der Waals surface area (Å²) in [6.45, 7) is 2.77. The summed E-state index contributed by atoms with van der Waals surface area (Å²) in [5.74, 6) is -0.237. The molecule has 2 aliphatic rings. The largest absolute Gasteiger partial charge is 0.394 e. The number of aliphatic hydroxyl groups is 8. The zero-order chi connectivity index (χ0) is 60.2. The quantitative estimate of drug-likeness (QED) is 0.0204. The minimum absolute atomic E-state index is 0.237. The standard InChI is InChI=1S/C69H131NO13/c1-3-5-7-9-11-13-14-15-16-17-18-19-20-21-22-23-24-25-26-27-28-29-30-31-32-33-34-35-36-37-38-39-40-41-42-43-44-45-47-49-51-53-61(74)70-57(58(73)52-50-48-46-12-10-8-6-4-2)56-80-68-66(79)64(77)67(60(55-72)82-68)83-69-65(78)63(76)62(75)59(54-71)81-69/h17-18,50,52,57-60,62-69,71-73,75-79H,3-16,19-49,51,53-56H2,1-2H3,(H,70,74)/b18-17-,52-50+. The minimum atomic E-state index is -1.79. The van der Waals surface area contributed by atoms with E-state index < -0.39 is 86.8 Å². The molecule has 2 aliphatic heterocycles. The lowest BCUT2D eigenvalue weighted by Crippen LogP contribution is -2.65. The number of ether oxygens (including phenoxy) is 4. The molecule has 14 nitrogen and oxygen atoms in total. The normalized spacial score (nSPS) is 23.9. The summed E-state index contributed by atoms with van der Waals surface area (Å²) in [6.07, 6.45) is 51.8. The molecule has 0 radical (unpaired) electrons. The van der Waals surface area contributed by atoms with Crippen molar-refractivity contribution >= 4 is 5.91 Å². The van der Waals surface area contributed by atoms with E-state index in [9.17, 15) is 45.6 Å². The van der Waals surface area contributed by atoms with Crippen molar-refractivity contribution < 1.29 is 64.6 Å². The summed E-state index contributed by atoms with van der Waals surface area (Å²) < 4.78 is 22.7. The fraction of sp³-hybridized carbons (Fsp3) is 0.928. The fourth-order valence-corrected chi connectivity index (χ4v) is 11.8. The Morgan fingerprint density at radius 3 is 1.14 bits per heavy atom. The molecule has 12 atom stereocenters. The molecule has 0 saturated carbocycles. The van der Waals surface area contributed by atoms with Gasteiger partial charge in [0.2, 0.25) is 5.91 Å². The van der Waals surface area contributed by atoms with E-state index in [0.717, 1.165) is 44.9 Å². The molecule has 2 heterocycles. The summed E-state index contributed by atoms with van der Waals surface area (Å²) in [6, 6.07) is -0.909. The Hall–Kier alpha value is -1.53. The first-order chi connectivity index (χ1) is 40.6. The lowest BCUT2D eigenvalue weighted by atomic mass is 9.97. The predicted molar refractivity (Wildman–Crippen MR) is 337 cm³/mol. The van der Waals surface area contributed by atoms with Gasteiger partial charge in [0.1, 0.15) is 48.8 Å². The second-order valence-electron chi connectivity index (χ2n) is 25.0. The number of hydrogen-bond donors (Lipinski definition) is 9. The van der Waals surface area contributed by atoms with Gasteiger partial charge in [-0.1, -0.05) is 289 Å². The van der Waals surface area contributed by atoms with E-state index >= 15 is 0 Å². The molecule has 0 aromatic rings. The van der Waals surface area contributed by atoms with E-state index in [0.29, 0.717) is 6.42 Å². The number of amides is 1. The van der Waals surface area contributed by atoms with Gasteiger partial charge in [0.15, 0.2) is 12.6 Å². The van der Waals surface area contributed by atoms with E-state index in [1.807, 2.05) is 6.08 Å². The topological polar surface area (TPSA) is 228 Å². The smallest absolute Gasteiger partial charge is 0.220 e. The third kappa shape index (κ3) is 39.2. The molecule has 2 rings (SSSR count). The van der Waals surface area contributed by atoms with Crippen molar-refractivity contribution in [1.82, 2.24) is 5.32 Å². The average molecular weight is 1180 g/mol. The monoisotopic (exact) mass is 1180 g/mol. The molecule has 0 spiro atoms. The van der Waals surface area contributed by atoms with Gasteiger partial charge in [0.05, 0.1) is 32.0 Å². The molecule has 490 valence electrons. The van der Waals surface area contributed by atoms with E-state index in [2.05, 4.69) is 31.3 Å². The molecule has 1 amide bonds. The summed E-state index contributed by atoms with van der Waals surface area (Å²) >= 11 is 0. The first-order valence-electron chi connectivity index (χ1n) is 35.1. The molecule has 0 bridgehead atoms. The number of aliphatic hydroxyl groups excluding tert-OH is 8. The lowest BCUT2D eigenvalue weighted by Gasteiger charge is -2.46. The molecule has 83 heavy (non-hydrogen) atoms. The minimum Gasteiger partial charge on any atom is -0.394 e. The number of rotatable bonds is 58. The van der Waals surface area contributed by atoms with Crippen molar-refractivity contribution in [2.75, 3.05) is 19.8 Å². The van der Waals surface area contributed by atoms with Crippen LogP contribution in [0.25, 0.3) is 0 Å². The zero-order valence-corrected chi connectivity index (χ0v) is 53.2. The van der Waals surface area contributed by atoms with Crippen molar-refractivity contribution in [3.63, 3.8) is 0 Å². The number of nitrogens with one attached hydrogen (secondary N) is 1. The van der Waals surface area contributed by atoms with Gasteiger partial charge in [0, 0.05) is 6.42 Å². The fourth-order valence-electron chi connectivity index (χ4n) is 11.8. The Kier molecular flexibility index (Phi) is 51.0. The Balaban J connectivity index is 1.47. The number of unbranched alkanes of at least 4 members (excludes halogenated alkanes) is 43. The highest BCUT2D eigenvalue weighted by molar-refractivity contribution is 5.76. The Morgan fingerprint density at radius 2 is 0.759 bits per heavy atom. The highest BCUT2D eigenvalue weighted by Crippen LogP contribution is 2.30. The van der Waals surface area contributed by atoms with Crippen LogP contribution in [0.5, 0.6) is 0 Å². The van der Waals surface area contributed by atoms with E-state index in [1.165, 1.54) is 244 Å². The SMILES string of the molecule is CCCCCCCC/C=C/C(O)C(COC1OC(CO)C(OC2OC(CO)C(O)C(O)C2O)C(O)C1O)NC(=O)CCCCCCCCCCCCCCCCCCCCCCCCCCCCCCC/C=C\CCCCCCCCCC. The van der Waals surface area contributed by atoms with E-state index in [-0.39, 0.29) is 18.9 Å². The lowest BCUT2D eigenvalue weighted by molar-refractivity contribution is -0.359. The maximum atomic E-state index is 13.2. The summed E-state index contributed by atoms with van der Waals surface area (Å²) in [5.41, 5.74) is 0. The van der Waals surface area contributed by atoms with Gasteiger partial charge in [-0.05, 0) is 44.9 Å². The van der Waals surface area contributed by atoms with Crippen molar-refractivity contribution in [1.29, 1.82) is 0 Å². The van der Waals surface area contributed by atoms with Crippen molar-refractivity contribution in [2.24, 2.45) is 0 Å². The molecule has 9 N–H and O–H groups in total. The molecule has 14 heteroatoms. The highest BCUT2D eigenvalue weighted by atomic mass is 16.7. The van der Waals surface area contributed by atoms with Crippen LogP contribution in [0, 0.1) is 0 Å². The Morgan fingerprint density at radius 1 is 0.422 bits per heavy atom. The Labute approximate surface area is 507 Å². The van der Waals surface area contributed by atoms with Crippen LogP contribution in [0.3, 0.4) is 0 Å². The maximum absolute atomic E-state index is 13.2. The maximum Gasteiger partial charge on any atom is 0.220 e. The Bertz CT molecular complexity index is 1490. The van der Waals surface area contributed by atoms with Crippen LogP contribution in [0.1, 0.15) is 316 Å². The number of hydrogen-bond acceptors (Lipinski definition) is 13. The second-order valence-corrected chi connectivity index (χ2v) is 25.0. The molecule has 2 saturated heterocycles. The van der Waals surface area contributed by atoms with Gasteiger partial charge < -0.3 is 65.1 Å². The number of carbonyl (C=O) groups is 1. The van der Waals surface area contributed by atoms with Gasteiger partial charge in [-0.15, -0.1) is 0 Å². The van der Waals surface area contributed by atoms with Crippen molar-refractivity contribution in [3.8, 4) is 0 Å². The van der Waals surface area contributed by atoms with Crippen LogP contribution in [0.2, 0.25) is 0 Å². The molecule has 12 unspecified atom stereocenters. The summed E-state index contributed by atoms with van der Waals surface area (Å²) in [5, 5.41) is 86.8. The molecule has 0 aromatic carbocycles. The first kappa shape index (κ1) is 77.6. The number of allylic oxidation sites excluding steroid dienone is 3. The van der Waals surface area contributed by atoms with Crippen molar-refractivity contribution in [3.05, 3.63) is 24.3 Å². The van der Waals surface area contributed by atoms with Crippen LogP contribution in [-0.2, 0) is 23.7 Å². The zero-order valence-electron chi connectivity index (χ0n) is 53.2. The van der Waals surface area contributed by atoms with Crippen molar-refractivity contribution in [2.45, 2.75) is 389 Å². The van der Waals surface area contributed by atoms with E-state index in [1.54, 1.807) is 6.08 Å². The molecular formula is C69H131NO13. The molecular weight excluding hydrogens is 1050 g/mol. The van der Waals surface area contributed by atoms with Crippen LogP contribution >= 0.6 is 0 Å². The molecule has 2 fully saturated rings. The van der Waals surface area contributed by atoms with E-state index in [4.69, 9.17) is 18.9 Å². The van der Waals surface area contributed by atoms with Gasteiger partial charge in [-0.3, -0.25) is 4.79 Å². The third-order valence-corrected chi connectivity index (χ3v) is 17.4. The highest BCUT2D eigenvalue weighted by Gasteiger charge is 2.51. The first-order valence-corrected chi connectivity index (χ1v) is 35.1. The van der Waals surface area contributed by atoms with Gasteiger partial charge in [0.25, 0.3) is 0 Å². The second kappa shape index (κ2) is 54.6. The van der Waals surface area contributed by atoms with Gasteiger partial charge in [-0.2, -0.15) is 0 Å². The average Bonchev–Trinajstić information content (AvgIpc) is 3.52. The van der Waals surface area contributed by atoms with Crippen LogP contribution in [0.4, 0.5) is 0 Å². The van der Waals surface area contributed by atoms with Gasteiger partial charge in [-0.25, -0.2) is 0 Å². The predicted octanol–water partition coefficient (Wildman–Crippen LogP) is 14.0.